The third-order valence-corrected chi connectivity index (χ3v) is 10.1. The largest absolute Gasteiger partial charge is 0.598 e. The molecule has 3 atom stereocenters. The summed E-state index contributed by atoms with van der Waals surface area (Å²) in [5.41, 5.74) is 7.67. The van der Waals surface area contributed by atoms with Gasteiger partial charge in [0.05, 0.1) is 47.7 Å². The average Bonchev–Trinajstić information content (AvgIpc) is 3.58. The lowest BCUT2D eigenvalue weighted by atomic mass is 9.75. The van der Waals surface area contributed by atoms with Gasteiger partial charge in [-0.2, -0.15) is 23.4 Å². The SMILES string of the molecule is Cc1c(C(N)=O)c([C@H](c2cn3ncc(C(N[S@@+]([O-])C(C)(C)C)C4CC4)cc3n2)C2CCC(F)(F)CC2)nn1CCC(F)(F)F. The Hall–Kier alpha value is -2.78. The van der Waals surface area contributed by atoms with Gasteiger partial charge in [-0.3, -0.25) is 9.48 Å². The number of primary amides is 1. The van der Waals surface area contributed by atoms with Gasteiger partial charge in [-0.1, -0.05) is 0 Å². The number of carbonyl (C=O) groups excluding carboxylic acids is 1. The van der Waals surface area contributed by atoms with E-state index in [2.05, 4.69) is 14.9 Å². The number of nitrogens with one attached hydrogen (secondary N) is 1. The fourth-order valence-corrected chi connectivity index (χ4v) is 6.84. The first-order valence-electron chi connectivity index (χ1n) is 14.8. The number of alkyl halides is 5. The molecule has 0 aromatic carbocycles. The lowest BCUT2D eigenvalue weighted by Crippen LogP contribution is -2.41. The van der Waals surface area contributed by atoms with Crippen LogP contribution in [0.4, 0.5) is 22.0 Å². The molecule has 2 saturated carbocycles. The predicted molar refractivity (Wildman–Crippen MR) is 154 cm³/mol. The Morgan fingerprint density at radius 2 is 1.84 bits per heavy atom. The van der Waals surface area contributed by atoms with Gasteiger partial charge in [0.2, 0.25) is 5.92 Å². The minimum atomic E-state index is -4.45. The van der Waals surface area contributed by atoms with E-state index in [1.807, 2.05) is 26.8 Å². The fourth-order valence-electron chi connectivity index (χ4n) is 5.93. The summed E-state index contributed by atoms with van der Waals surface area (Å²) in [7, 11) is 0. The van der Waals surface area contributed by atoms with Crippen molar-refractivity contribution in [1.82, 2.24) is 29.1 Å². The van der Waals surface area contributed by atoms with Crippen molar-refractivity contribution in [2.24, 2.45) is 17.6 Å². The minimum absolute atomic E-state index is 0.0251. The molecule has 3 aromatic heterocycles. The monoisotopic (exact) mass is 643 g/mol. The summed E-state index contributed by atoms with van der Waals surface area (Å²) in [5, 5.41) is 8.98. The number of halogens is 5. The Balaban J connectivity index is 1.56. The number of aryl methyl sites for hydroxylation is 1. The van der Waals surface area contributed by atoms with Crippen LogP contribution in [0.3, 0.4) is 0 Å². The van der Waals surface area contributed by atoms with Crippen LogP contribution in [0.5, 0.6) is 0 Å². The Kier molecular flexibility index (Phi) is 8.79. The van der Waals surface area contributed by atoms with Crippen molar-refractivity contribution < 1.29 is 31.3 Å². The summed E-state index contributed by atoms with van der Waals surface area (Å²) in [4.78, 5) is 17.5. The Morgan fingerprint density at radius 1 is 1.18 bits per heavy atom. The van der Waals surface area contributed by atoms with Gasteiger partial charge in [0.15, 0.2) is 5.65 Å². The molecule has 0 aliphatic heterocycles. The molecule has 3 heterocycles. The molecule has 0 radical (unpaired) electrons. The number of nitrogens with zero attached hydrogens (tertiary/aromatic N) is 5. The summed E-state index contributed by atoms with van der Waals surface area (Å²) in [6.07, 6.45) is -0.885. The fraction of sp³-hybridized carbons (Fsp3) is 0.655. The zero-order valence-corrected chi connectivity index (χ0v) is 25.9. The van der Waals surface area contributed by atoms with Crippen LogP contribution in [0.25, 0.3) is 5.65 Å². The van der Waals surface area contributed by atoms with Crippen LogP contribution in [0.2, 0.25) is 0 Å². The first kappa shape index (κ1) is 32.6. The Bertz CT molecular complexity index is 1500. The Morgan fingerprint density at radius 3 is 2.41 bits per heavy atom. The summed E-state index contributed by atoms with van der Waals surface area (Å²) >= 11 is -1.32. The van der Waals surface area contributed by atoms with E-state index in [4.69, 9.17) is 10.7 Å². The molecule has 2 aliphatic rings. The summed E-state index contributed by atoms with van der Waals surface area (Å²) in [5.74, 6) is -4.61. The molecule has 0 saturated heterocycles. The maximum Gasteiger partial charge on any atom is 0.390 e. The van der Waals surface area contributed by atoms with Gasteiger partial charge in [-0.15, -0.1) is 4.72 Å². The summed E-state index contributed by atoms with van der Waals surface area (Å²) in [6, 6.07) is 1.62. The highest BCUT2D eigenvalue weighted by Crippen LogP contribution is 2.46. The van der Waals surface area contributed by atoms with Crippen LogP contribution in [0, 0.1) is 18.8 Å². The van der Waals surface area contributed by atoms with Gasteiger partial charge in [-0.25, -0.2) is 18.3 Å². The van der Waals surface area contributed by atoms with Gasteiger partial charge in [0.25, 0.3) is 5.91 Å². The van der Waals surface area contributed by atoms with E-state index >= 15 is 0 Å². The quantitative estimate of drug-likeness (QED) is 0.214. The highest BCUT2D eigenvalue weighted by atomic mass is 32.2. The average molecular weight is 644 g/mol. The summed E-state index contributed by atoms with van der Waals surface area (Å²) in [6.45, 7) is 6.61. The van der Waals surface area contributed by atoms with Gasteiger partial charge in [-0.05, 0) is 76.8 Å². The van der Waals surface area contributed by atoms with Crippen molar-refractivity contribution in [1.29, 1.82) is 0 Å². The number of hydrogen-bond acceptors (Lipinski definition) is 6. The van der Waals surface area contributed by atoms with Crippen molar-refractivity contribution in [3.05, 3.63) is 46.7 Å². The molecular weight excluding hydrogens is 605 g/mol. The van der Waals surface area contributed by atoms with E-state index in [1.54, 1.807) is 12.4 Å². The molecule has 15 heteroatoms. The third-order valence-electron chi connectivity index (χ3n) is 8.54. The zero-order chi connectivity index (χ0) is 32.2. The standard InChI is InChI=1S/C29H38F5N7O2S/c1-16-22(26(35)42)25(38-40(16)12-11-29(32,33)34)23(17-7-9-28(30,31)10-8-17)20-15-41-21(37-20)13-19(14-36-41)24(18-5-6-18)39-44(43)27(2,3)4/h13-15,17-18,23-24,39H,5-12H2,1-4H3,(H2,35,42)/t23-,24?,44-/m0/s1. The second kappa shape index (κ2) is 11.9. The lowest BCUT2D eigenvalue weighted by molar-refractivity contribution is -0.137. The third kappa shape index (κ3) is 7.20. The molecule has 0 bridgehead atoms. The minimum Gasteiger partial charge on any atom is -0.598 e. The van der Waals surface area contributed by atoms with Gasteiger partial charge >= 0.3 is 6.18 Å². The molecular formula is C29H38F5N7O2S. The van der Waals surface area contributed by atoms with Crippen LogP contribution in [-0.4, -0.2) is 51.7 Å². The van der Waals surface area contributed by atoms with Crippen molar-refractivity contribution in [2.75, 3.05) is 0 Å². The number of imidazole rings is 1. The molecule has 9 nitrogen and oxygen atoms in total. The number of amides is 1. The highest BCUT2D eigenvalue weighted by molar-refractivity contribution is 7.90. The van der Waals surface area contributed by atoms with E-state index in [-0.39, 0.29) is 48.7 Å². The predicted octanol–water partition coefficient (Wildman–Crippen LogP) is 5.75. The van der Waals surface area contributed by atoms with E-state index < -0.39 is 58.9 Å². The number of nitrogens with two attached hydrogens (primary N) is 1. The van der Waals surface area contributed by atoms with E-state index in [0.717, 1.165) is 23.1 Å². The topological polar surface area (TPSA) is 126 Å². The highest BCUT2D eigenvalue weighted by Gasteiger charge is 2.43. The second-order valence-corrected chi connectivity index (χ2v) is 15.0. The number of rotatable bonds is 10. The molecule has 5 rings (SSSR count). The number of fused-ring (bicyclic) bond motifs is 1. The number of hydrogen-bond donors (Lipinski definition) is 2. The smallest absolute Gasteiger partial charge is 0.390 e. The van der Waals surface area contributed by atoms with Gasteiger partial charge in [0.1, 0.15) is 4.75 Å². The van der Waals surface area contributed by atoms with E-state index in [0.29, 0.717) is 17.3 Å². The van der Waals surface area contributed by atoms with E-state index in [9.17, 15) is 31.3 Å². The van der Waals surface area contributed by atoms with Gasteiger partial charge < -0.3 is 10.3 Å². The van der Waals surface area contributed by atoms with Crippen LogP contribution in [-0.2, 0) is 17.9 Å². The molecule has 2 fully saturated rings. The van der Waals surface area contributed by atoms with Crippen LogP contribution < -0.4 is 10.5 Å². The molecule has 2 aliphatic carbocycles. The normalized spacial score (nSPS) is 20.1. The van der Waals surface area contributed by atoms with Crippen LogP contribution >= 0.6 is 0 Å². The maximum atomic E-state index is 14.2. The zero-order valence-electron chi connectivity index (χ0n) is 25.1. The molecule has 3 N–H and O–H groups in total. The van der Waals surface area contributed by atoms with Crippen LogP contribution in [0.15, 0.2) is 18.5 Å². The van der Waals surface area contributed by atoms with Crippen molar-refractivity contribution in [2.45, 2.75) is 108 Å². The summed E-state index contributed by atoms with van der Waals surface area (Å²) < 4.78 is 86.0. The molecule has 242 valence electrons. The van der Waals surface area contributed by atoms with Gasteiger partial charge in [0, 0.05) is 36.4 Å². The number of aromatic nitrogens is 5. The van der Waals surface area contributed by atoms with Crippen molar-refractivity contribution in [3.8, 4) is 0 Å². The first-order chi connectivity index (χ1) is 20.4. The molecule has 0 spiro atoms. The lowest BCUT2D eigenvalue weighted by Gasteiger charge is -2.32. The second-order valence-electron chi connectivity index (χ2n) is 13.0. The molecule has 44 heavy (non-hydrogen) atoms. The molecule has 3 aromatic rings. The Labute approximate surface area is 255 Å². The maximum absolute atomic E-state index is 14.2. The van der Waals surface area contributed by atoms with E-state index in [1.165, 1.54) is 11.4 Å². The first-order valence-corrected chi connectivity index (χ1v) is 15.9. The van der Waals surface area contributed by atoms with Crippen molar-refractivity contribution >= 4 is 22.9 Å². The molecule has 1 unspecified atom stereocenters. The van der Waals surface area contributed by atoms with Crippen LogP contribution in [0.1, 0.15) is 111 Å². The molecule has 1 amide bonds. The number of carbonyl (C=O) groups is 1. The van der Waals surface area contributed by atoms with Crippen molar-refractivity contribution in [3.63, 3.8) is 0 Å².